The number of benzene rings is 2. The molecule has 0 saturated heterocycles. The van der Waals surface area contributed by atoms with E-state index in [4.69, 9.17) is 8.83 Å². The monoisotopic (exact) mass is 348 g/mol. The first-order valence-electron chi connectivity index (χ1n) is 7.78. The molecule has 2 heterocycles. The molecule has 128 valence electrons. The van der Waals surface area contributed by atoms with Crippen LogP contribution >= 0.6 is 0 Å². The number of oxazole rings is 1. The zero-order valence-corrected chi connectivity index (χ0v) is 13.6. The summed E-state index contributed by atoms with van der Waals surface area (Å²) in [6.45, 7) is 1.65. The summed E-state index contributed by atoms with van der Waals surface area (Å²) in [6.07, 6.45) is 0. The van der Waals surface area contributed by atoms with E-state index in [1.165, 1.54) is 24.3 Å². The molecule has 0 atom stereocenters. The minimum absolute atomic E-state index is 0.0523. The van der Waals surface area contributed by atoms with Gasteiger partial charge < -0.3 is 8.83 Å². The van der Waals surface area contributed by atoms with Crippen molar-refractivity contribution in [2.24, 2.45) is 0 Å². The van der Waals surface area contributed by atoms with E-state index < -0.39 is 10.7 Å². The molecule has 0 amide bonds. The maximum atomic E-state index is 12.8. The standard InChI is InChI=1S/C19H12N2O5/c1-11-17(20-19(25-11)12-5-3-2-4-6-12)18(22)16-10-13-9-14(21(23)24)7-8-15(13)26-16/h2-10H,1H3. The van der Waals surface area contributed by atoms with Crippen molar-refractivity contribution in [1.29, 1.82) is 0 Å². The molecule has 0 saturated carbocycles. The summed E-state index contributed by atoms with van der Waals surface area (Å²) < 4.78 is 11.1. The fourth-order valence-electron chi connectivity index (χ4n) is 2.68. The van der Waals surface area contributed by atoms with E-state index in [1.807, 2.05) is 30.3 Å². The Balaban J connectivity index is 1.73. The Morgan fingerprint density at radius 1 is 1.08 bits per heavy atom. The zero-order chi connectivity index (χ0) is 18.3. The quantitative estimate of drug-likeness (QED) is 0.305. The van der Waals surface area contributed by atoms with Crippen LogP contribution in [0.4, 0.5) is 5.69 Å². The molecule has 0 spiro atoms. The van der Waals surface area contributed by atoms with Crippen molar-refractivity contribution in [3.05, 3.63) is 81.9 Å². The van der Waals surface area contributed by atoms with Crippen molar-refractivity contribution < 1.29 is 18.6 Å². The van der Waals surface area contributed by atoms with E-state index in [-0.39, 0.29) is 17.1 Å². The normalized spacial score (nSPS) is 11.0. The number of furan rings is 1. The van der Waals surface area contributed by atoms with E-state index in [0.717, 1.165) is 5.56 Å². The van der Waals surface area contributed by atoms with Gasteiger partial charge in [0.05, 0.1) is 4.92 Å². The highest BCUT2D eigenvalue weighted by atomic mass is 16.6. The number of rotatable bonds is 4. The van der Waals surface area contributed by atoms with Crippen LogP contribution in [-0.2, 0) is 0 Å². The summed E-state index contributed by atoms with van der Waals surface area (Å²) in [6, 6.07) is 14.9. The summed E-state index contributed by atoms with van der Waals surface area (Å²) >= 11 is 0. The van der Waals surface area contributed by atoms with E-state index in [2.05, 4.69) is 4.98 Å². The highest BCUT2D eigenvalue weighted by Gasteiger charge is 2.23. The lowest BCUT2D eigenvalue weighted by molar-refractivity contribution is -0.384. The van der Waals surface area contributed by atoms with Gasteiger partial charge in [0.25, 0.3) is 5.69 Å². The molecule has 0 N–H and O–H groups in total. The van der Waals surface area contributed by atoms with Gasteiger partial charge >= 0.3 is 0 Å². The van der Waals surface area contributed by atoms with Crippen molar-refractivity contribution in [3.63, 3.8) is 0 Å². The molecule has 7 nitrogen and oxygen atoms in total. The van der Waals surface area contributed by atoms with Gasteiger partial charge in [0.2, 0.25) is 11.7 Å². The molecule has 2 aromatic carbocycles. The molecule has 0 radical (unpaired) electrons. The average Bonchev–Trinajstić information content (AvgIpc) is 3.24. The smallest absolute Gasteiger partial charge is 0.270 e. The van der Waals surface area contributed by atoms with Gasteiger partial charge in [-0.3, -0.25) is 14.9 Å². The number of non-ortho nitro benzene ring substituents is 1. The Labute approximate surface area is 147 Å². The Bertz CT molecular complexity index is 1140. The first-order chi connectivity index (χ1) is 12.5. The Morgan fingerprint density at radius 2 is 1.85 bits per heavy atom. The van der Waals surface area contributed by atoms with Crippen LogP contribution in [0.2, 0.25) is 0 Å². The largest absolute Gasteiger partial charge is 0.453 e. The lowest BCUT2D eigenvalue weighted by Crippen LogP contribution is -2.02. The maximum Gasteiger partial charge on any atom is 0.270 e. The van der Waals surface area contributed by atoms with Crippen LogP contribution in [0.5, 0.6) is 0 Å². The summed E-state index contributed by atoms with van der Waals surface area (Å²) in [5.41, 5.74) is 1.23. The Kier molecular flexibility index (Phi) is 3.62. The number of aryl methyl sites for hydroxylation is 1. The highest BCUT2D eigenvalue weighted by Crippen LogP contribution is 2.27. The number of nitro groups is 1. The molecule has 0 fully saturated rings. The molecule has 26 heavy (non-hydrogen) atoms. The second kappa shape index (κ2) is 5.96. The predicted molar refractivity (Wildman–Crippen MR) is 93.0 cm³/mol. The van der Waals surface area contributed by atoms with Crippen molar-refractivity contribution in [2.75, 3.05) is 0 Å². The minimum Gasteiger partial charge on any atom is -0.453 e. The number of hydrogen-bond donors (Lipinski definition) is 0. The van der Waals surface area contributed by atoms with Crippen molar-refractivity contribution >= 4 is 22.4 Å². The first-order valence-corrected chi connectivity index (χ1v) is 7.78. The van der Waals surface area contributed by atoms with Crippen LogP contribution in [-0.4, -0.2) is 15.7 Å². The number of carbonyl (C=O) groups excluding carboxylic acids is 1. The van der Waals surface area contributed by atoms with Crippen molar-refractivity contribution in [2.45, 2.75) is 6.92 Å². The van der Waals surface area contributed by atoms with Crippen LogP contribution in [0.15, 0.2) is 63.4 Å². The molecular formula is C19H12N2O5. The second-order valence-electron chi connectivity index (χ2n) is 5.71. The molecule has 0 unspecified atom stereocenters. The number of hydrogen-bond acceptors (Lipinski definition) is 6. The van der Waals surface area contributed by atoms with E-state index >= 15 is 0 Å². The third-order valence-electron chi connectivity index (χ3n) is 3.97. The third-order valence-corrected chi connectivity index (χ3v) is 3.97. The molecule has 0 aliphatic rings. The fraction of sp³-hybridized carbons (Fsp3) is 0.0526. The minimum atomic E-state index is -0.498. The molecule has 2 aromatic heterocycles. The Hall–Kier alpha value is -3.74. The summed E-state index contributed by atoms with van der Waals surface area (Å²) in [7, 11) is 0. The first kappa shape index (κ1) is 15.8. The van der Waals surface area contributed by atoms with E-state index in [9.17, 15) is 14.9 Å². The van der Waals surface area contributed by atoms with Crippen molar-refractivity contribution in [3.8, 4) is 11.5 Å². The molecule has 7 heteroatoms. The molecule has 4 aromatic rings. The number of nitro benzene ring substituents is 1. The summed E-state index contributed by atoms with van der Waals surface area (Å²) in [5, 5.41) is 11.4. The second-order valence-corrected chi connectivity index (χ2v) is 5.71. The van der Waals surface area contributed by atoms with Crippen LogP contribution in [0, 0.1) is 17.0 Å². The van der Waals surface area contributed by atoms with Gasteiger partial charge in [-0.1, -0.05) is 18.2 Å². The average molecular weight is 348 g/mol. The number of fused-ring (bicyclic) bond motifs is 1. The van der Waals surface area contributed by atoms with Gasteiger partial charge in [0.15, 0.2) is 11.5 Å². The summed E-state index contributed by atoms with van der Waals surface area (Å²) in [4.78, 5) is 27.4. The van der Waals surface area contributed by atoms with Crippen molar-refractivity contribution in [1.82, 2.24) is 4.98 Å². The topological polar surface area (TPSA) is 99.4 Å². The summed E-state index contributed by atoms with van der Waals surface area (Å²) in [5.74, 6) is 0.335. The van der Waals surface area contributed by atoms with Gasteiger partial charge in [0.1, 0.15) is 11.3 Å². The van der Waals surface area contributed by atoms with E-state index in [0.29, 0.717) is 22.6 Å². The number of carbonyl (C=O) groups is 1. The van der Waals surface area contributed by atoms with Gasteiger partial charge in [-0.15, -0.1) is 0 Å². The predicted octanol–water partition coefficient (Wildman–Crippen LogP) is 4.54. The number of nitrogens with zero attached hydrogens (tertiary/aromatic N) is 2. The van der Waals surface area contributed by atoms with Gasteiger partial charge in [-0.05, 0) is 31.2 Å². The van der Waals surface area contributed by atoms with Crippen LogP contribution in [0.25, 0.3) is 22.4 Å². The highest BCUT2D eigenvalue weighted by molar-refractivity contribution is 6.08. The Morgan fingerprint density at radius 3 is 2.58 bits per heavy atom. The molecule has 0 aliphatic heterocycles. The van der Waals surface area contributed by atoms with Crippen LogP contribution in [0.1, 0.15) is 22.0 Å². The van der Waals surface area contributed by atoms with E-state index in [1.54, 1.807) is 6.92 Å². The molecule has 4 rings (SSSR count). The van der Waals surface area contributed by atoms with Crippen LogP contribution in [0.3, 0.4) is 0 Å². The number of aromatic nitrogens is 1. The van der Waals surface area contributed by atoms with Gasteiger partial charge in [-0.25, -0.2) is 4.98 Å². The molecule has 0 bridgehead atoms. The zero-order valence-electron chi connectivity index (χ0n) is 13.6. The van der Waals surface area contributed by atoms with Gasteiger partial charge in [-0.2, -0.15) is 0 Å². The molecule has 0 aliphatic carbocycles. The lowest BCUT2D eigenvalue weighted by atomic mass is 10.2. The lowest BCUT2D eigenvalue weighted by Gasteiger charge is -1.92. The maximum absolute atomic E-state index is 12.8. The van der Waals surface area contributed by atoms with Gasteiger partial charge in [0, 0.05) is 23.1 Å². The fourth-order valence-corrected chi connectivity index (χ4v) is 2.68. The SMILES string of the molecule is Cc1oc(-c2ccccc2)nc1C(=O)c1cc2cc([N+](=O)[O-])ccc2o1. The molecular weight excluding hydrogens is 336 g/mol. The number of ketones is 1. The third kappa shape index (κ3) is 2.65. The van der Waals surface area contributed by atoms with Crippen LogP contribution < -0.4 is 0 Å².